The Bertz CT molecular complexity index is 543. The molecule has 3 nitrogen and oxygen atoms in total. The normalized spacial score (nSPS) is 10.4. The Morgan fingerprint density at radius 1 is 1.33 bits per heavy atom. The van der Waals surface area contributed by atoms with Crippen LogP contribution in [-0.4, -0.2) is 4.98 Å². The molecule has 0 saturated heterocycles. The van der Waals surface area contributed by atoms with Gasteiger partial charge in [0.25, 0.3) is 0 Å². The predicted octanol–water partition coefficient (Wildman–Crippen LogP) is 2.57. The van der Waals surface area contributed by atoms with Crippen LogP contribution >= 0.6 is 0 Å². The van der Waals surface area contributed by atoms with Crippen LogP contribution in [0.25, 0.3) is 0 Å². The minimum Gasteiger partial charge on any atom is -0.488 e. The van der Waals surface area contributed by atoms with Gasteiger partial charge in [0, 0.05) is 23.9 Å². The number of halogens is 1. The van der Waals surface area contributed by atoms with Gasteiger partial charge in [-0.15, -0.1) is 0 Å². The predicted molar refractivity (Wildman–Crippen MR) is 67.6 cm³/mol. The van der Waals surface area contributed by atoms with E-state index in [9.17, 15) is 4.39 Å². The Morgan fingerprint density at radius 3 is 2.89 bits per heavy atom. The molecular formula is C14H15FN2O. The van der Waals surface area contributed by atoms with Crippen molar-refractivity contribution in [3.63, 3.8) is 0 Å². The zero-order chi connectivity index (χ0) is 13.0. The van der Waals surface area contributed by atoms with E-state index >= 15 is 0 Å². The Morgan fingerprint density at radius 2 is 2.17 bits per heavy atom. The van der Waals surface area contributed by atoms with E-state index in [1.54, 1.807) is 6.20 Å². The van der Waals surface area contributed by atoms with Crippen molar-refractivity contribution < 1.29 is 9.13 Å². The van der Waals surface area contributed by atoms with Gasteiger partial charge in [-0.25, -0.2) is 4.39 Å². The van der Waals surface area contributed by atoms with Crippen molar-refractivity contribution in [1.29, 1.82) is 0 Å². The number of nitrogens with two attached hydrogens (primary N) is 1. The average Bonchev–Trinajstić information content (AvgIpc) is 2.37. The summed E-state index contributed by atoms with van der Waals surface area (Å²) >= 11 is 0. The molecule has 0 fully saturated rings. The molecule has 0 spiro atoms. The van der Waals surface area contributed by atoms with Crippen LogP contribution in [0.2, 0.25) is 0 Å². The maximum absolute atomic E-state index is 13.0. The molecule has 0 aliphatic rings. The van der Waals surface area contributed by atoms with Crippen molar-refractivity contribution in [2.24, 2.45) is 5.73 Å². The van der Waals surface area contributed by atoms with E-state index in [2.05, 4.69) is 4.98 Å². The number of hydrogen-bond donors (Lipinski definition) is 1. The molecule has 0 atom stereocenters. The van der Waals surface area contributed by atoms with Crippen LogP contribution in [0.15, 0.2) is 36.7 Å². The zero-order valence-electron chi connectivity index (χ0n) is 10.2. The van der Waals surface area contributed by atoms with Gasteiger partial charge in [0.2, 0.25) is 0 Å². The van der Waals surface area contributed by atoms with Crippen LogP contribution in [0, 0.1) is 12.7 Å². The number of aryl methyl sites for hydroxylation is 1. The van der Waals surface area contributed by atoms with Crippen LogP contribution in [-0.2, 0) is 13.2 Å². The average molecular weight is 246 g/mol. The largest absolute Gasteiger partial charge is 0.488 e. The summed E-state index contributed by atoms with van der Waals surface area (Å²) < 4.78 is 18.7. The number of para-hydroxylation sites is 1. The number of pyridine rings is 1. The summed E-state index contributed by atoms with van der Waals surface area (Å²) in [5.74, 6) is 0.407. The fraction of sp³-hybridized carbons (Fsp3) is 0.214. The number of aromatic nitrogens is 1. The van der Waals surface area contributed by atoms with E-state index in [1.807, 2.05) is 25.1 Å². The maximum atomic E-state index is 13.0. The summed E-state index contributed by atoms with van der Waals surface area (Å²) in [6, 6.07) is 7.23. The molecule has 0 unspecified atom stereocenters. The van der Waals surface area contributed by atoms with Gasteiger partial charge in [0.1, 0.15) is 18.2 Å². The summed E-state index contributed by atoms with van der Waals surface area (Å²) in [7, 11) is 0. The summed E-state index contributed by atoms with van der Waals surface area (Å²) in [5.41, 5.74) is 8.32. The second-order valence-electron chi connectivity index (χ2n) is 4.07. The van der Waals surface area contributed by atoms with Gasteiger partial charge in [-0.3, -0.25) is 4.98 Å². The van der Waals surface area contributed by atoms with E-state index in [0.717, 1.165) is 16.9 Å². The van der Waals surface area contributed by atoms with Crippen molar-refractivity contribution in [1.82, 2.24) is 4.98 Å². The van der Waals surface area contributed by atoms with Crippen LogP contribution in [0.3, 0.4) is 0 Å². The summed E-state index contributed by atoms with van der Waals surface area (Å²) in [4.78, 5) is 3.78. The third kappa shape index (κ3) is 2.84. The maximum Gasteiger partial charge on any atom is 0.141 e. The SMILES string of the molecule is Cc1cccc(CN)c1OCc1cncc(F)c1. The fourth-order valence-corrected chi connectivity index (χ4v) is 1.77. The van der Waals surface area contributed by atoms with Crippen LogP contribution in [0.5, 0.6) is 5.75 Å². The summed E-state index contributed by atoms with van der Waals surface area (Å²) in [6.07, 6.45) is 2.76. The Hall–Kier alpha value is -1.94. The van der Waals surface area contributed by atoms with Gasteiger partial charge in [0.05, 0.1) is 6.20 Å². The van der Waals surface area contributed by atoms with Gasteiger partial charge < -0.3 is 10.5 Å². The molecule has 0 aliphatic carbocycles. The van der Waals surface area contributed by atoms with E-state index in [4.69, 9.17) is 10.5 Å². The Kier molecular flexibility index (Phi) is 3.89. The van der Waals surface area contributed by atoms with Gasteiger partial charge in [-0.2, -0.15) is 0 Å². The van der Waals surface area contributed by atoms with Crippen molar-refractivity contribution in [3.8, 4) is 5.75 Å². The lowest BCUT2D eigenvalue weighted by molar-refractivity contribution is 0.299. The molecule has 0 saturated carbocycles. The first-order valence-electron chi connectivity index (χ1n) is 5.71. The number of hydrogen-bond acceptors (Lipinski definition) is 3. The lowest BCUT2D eigenvalue weighted by atomic mass is 10.1. The van der Waals surface area contributed by atoms with Gasteiger partial charge in [-0.1, -0.05) is 18.2 Å². The smallest absolute Gasteiger partial charge is 0.141 e. The highest BCUT2D eigenvalue weighted by atomic mass is 19.1. The molecule has 2 aromatic rings. The first kappa shape index (κ1) is 12.5. The minimum absolute atomic E-state index is 0.280. The van der Waals surface area contributed by atoms with Crippen LogP contribution in [0.4, 0.5) is 4.39 Å². The standard InChI is InChI=1S/C14H15FN2O/c1-10-3-2-4-12(6-16)14(10)18-9-11-5-13(15)8-17-7-11/h2-5,7-8H,6,9,16H2,1H3. The molecule has 2 rings (SSSR count). The first-order chi connectivity index (χ1) is 8.70. The van der Waals surface area contributed by atoms with E-state index in [-0.39, 0.29) is 12.4 Å². The van der Waals surface area contributed by atoms with E-state index in [0.29, 0.717) is 12.1 Å². The summed E-state index contributed by atoms with van der Waals surface area (Å²) in [6.45, 7) is 2.65. The molecule has 1 heterocycles. The molecule has 2 N–H and O–H groups in total. The molecular weight excluding hydrogens is 231 g/mol. The van der Waals surface area contributed by atoms with Gasteiger partial charge in [-0.05, 0) is 18.6 Å². The third-order valence-electron chi connectivity index (χ3n) is 2.66. The molecule has 1 aromatic heterocycles. The number of benzene rings is 1. The quantitative estimate of drug-likeness (QED) is 0.902. The molecule has 0 aliphatic heterocycles. The van der Waals surface area contributed by atoms with Gasteiger partial charge >= 0.3 is 0 Å². The molecule has 0 amide bonds. The molecule has 0 bridgehead atoms. The second-order valence-corrected chi connectivity index (χ2v) is 4.07. The molecule has 94 valence electrons. The number of rotatable bonds is 4. The third-order valence-corrected chi connectivity index (χ3v) is 2.66. The summed E-state index contributed by atoms with van der Waals surface area (Å²) in [5, 5.41) is 0. The second kappa shape index (κ2) is 5.60. The monoisotopic (exact) mass is 246 g/mol. The molecule has 0 radical (unpaired) electrons. The lowest BCUT2D eigenvalue weighted by Crippen LogP contribution is -2.04. The van der Waals surface area contributed by atoms with E-state index < -0.39 is 0 Å². The van der Waals surface area contributed by atoms with Crippen LogP contribution < -0.4 is 10.5 Å². The molecule has 1 aromatic carbocycles. The highest BCUT2D eigenvalue weighted by molar-refractivity contribution is 5.40. The Labute approximate surface area is 105 Å². The number of ether oxygens (including phenoxy) is 1. The van der Waals surface area contributed by atoms with Crippen LogP contribution in [0.1, 0.15) is 16.7 Å². The number of nitrogens with zero attached hydrogens (tertiary/aromatic N) is 1. The lowest BCUT2D eigenvalue weighted by Gasteiger charge is -2.13. The Balaban J connectivity index is 2.15. The van der Waals surface area contributed by atoms with E-state index in [1.165, 1.54) is 12.3 Å². The first-order valence-corrected chi connectivity index (χ1v) is 5.71. The highest BCUT2D eigenvalue weighted by Crippen LogP contribution is 2.23. The zero-order valence-corrected chi connectivity index (χ0v) is 10.2. The van der Waals surface area contributed by atoms with Crippen molar-refractivity contribution in [3.05, 3.63) is 59.2 Å². The minimum atomic E-state index is -0.361. The van der Waals surface area contributed by atoms with Gasteiger partial charge in [0.15, 0.2) is 0 Å². The van der Waals surface area contributed by atoms with Crippen molar-refractivity contribution in [2.45, 2.75) is 20.1 Å². The molecule has 18 heavy (non-hydrogen) atoms. The fourth-order valence-electron chi connectivity index (χ4n) is 1.77. The molecule has 4 heteroatoms. The van der Waals surface area contributed by atoms with Crippen molar-refractivity contribution in [2.75, 3.05) is 0 Å². The van der Waals surface area contributed by atoms with Crippen molar-refractivity contribution >= 4 is 0 Å². The highest BCUT2D eigenvalue weighted by Gasteiger charge is 2.06. The topological polar surface area (TPSA) is 48.1 Å².